The van der Waals surface area contributed by atoms with E-state index in [1.165, 1.54) is 4.90 Å². The maximum absolute atomic E-state index is 12.8. The Morgan fingerprint density at radius 2 is 2.00 bits per heavy atom. The van der Waals surface area contributed by atoms with Crippen LogP contribution in [0.5, 0.6) is 0 Å². The number of imide groups is 1. The summed E-state index contributed by atoms with van der Waals surface area (Å²) in [5.41, 5.74) is 0.0619. The van der Waals surface area contributed by atoms with Crippen molar-refractivity contribution in [3.63, 3.8) is 0 Å². The molecule has 1 aliphatic rings. The van der Waals surface area contributed by atoms with Crippen LogP contribution in [0.25, 0.3) is 10.8 Å². The van der Waals surface area contributed by atoms with Gasteiger partial charge >= 0.3 is 0 Å². The van der Waals surface area contributed by atoms with E-state index in [4.69, 9.17) is 0 Å². The fourth-order valence-electron chi connectivity index (χ4n) is 3.34. The monoisotopic (exact) mass is 307 g/mol. The number of allylic oxidation sites excluding steroid dienone is 1. The zero-order valence-corrected chi connectivity index (χ0v) is 13.4. The van der Waals surface area contributed by atoms with Crippen LogP contribution in [0.4, 0.5) is 0 Å². The second kappa shape index (κ2) is 5.99. The molecule has 1 atom stereocenters. The van der Waals surface area contributed by atoms with Gasteiger partial charge in [-0.15, -0.1) is 6.58 Å². The highest BCUT2D eigenvalue weighted by atomic mass is 16.2. The Bertz CT molecular complexity index is 780. The minimum atomic E-state index is -0.507. The molecule has 1 fully saturated rings. The van der Waals surface area contributed by atoms with Crippen molar-refractivity contribution in [3.8, 4) is 0 Å². The van der Waals surface area contributed by atoms with Crippen LogP contribution >= 0.6 is 0 Å². The first kappa shape index (κ1) is 15.5. The maximum atomic E-state index is 12.8. The number of likely N-dealkylation sites (tertiary alicyclic amines) is 1. The summed E-state index contributed by atoms with van der Waals surface area (Å²) in [6.45, 7) is 6.17. The molecule has 0 bridgehead atoms. The zero-order chi connectivity index (χ0) is 16.4. The van der Waals surface area contributed by atoms with E-state index in [0.29, 0.717) is 18.5 Å². The Kier molecular flexibility index (Phi) is 4.03. The molecule has 0 unspecified atom stereocenters. The molecule has 0 spiro atoms. The summed E-state index contributed by atoms with van der Waals surface area (Å²) in [6, 6.07) is 13.5. The molecule has 0 aliphatic carbocycles. The van der Waals surface area contributed by atoms with Crippen molar-refractivity contribution in [1.29, 1.82) is 0 Å². The first-order valence-corrected chi connectivity index (χ1v) is 8.01. The molecule has 0 saturated carbocycles. The highest BCUT2D eigenvalue weighted by molar-refractivity contribution is 6.08. The van der Waals surface area contributed by atoms with Gasteiger partial charge in [0, 0.05) is 12.1 Å². The molecule has 1 heterocycles. The van der Waals surface area contributed by atoms with E-state index in [-0.39, 0.29) is 11.8 Å². The lowest BCUT2D eigenvalue weighted by molar-refractivity contribution is -0.141. The second-order valence-electron chi connectivity index (χ2n) is 6.48. The molecule has 3 heteroatoms. The average Bonchev–Trinajstić information content (AvgIpc) is 2.57. The predicted molar refractivity (Wildman–Crippen MR) is 92.1 cm³/mol. The van der Waals surface area contributed by atoms with E-state index in [0.717, 1.165) is 23.6 Å². The number of hydrogen-bond donors (Lipinski definition) is 0. The SMILES string of the molecule is C=CC[C@@]1(C)CCCN(C(=O)c2ccc3ccccc3c2)C1=O. The van der Waals surface area contributed by atoms with Crippen LogP contribution in [-0.4, -0.2) is 23.3 Å². The lowest BCUT2D eigenvalue weighted by atomic mass is 9.78. The average molecular weight is 307 g/mol. The predicted octanol–water partition coefficient (Wildman–Crippen LogP) is 4.18. The zero-order valence-electron chi connectivity index (χ0n) is 13.4. The summed E-state index contributed by atoms with van der Waals surface area (Å²) in [5.74, 6) is -0.280. The van der Waals surface area contributed by atoms with E-state index in [9.17, 15) is 9.59 Å². The van der Waals surface area contributed by atoms with Gasteiger partial charge in [-0.05, 0) is 42.2 Å². The summed E-state index contributed by atoms with van der Waals surface area (Å²) in [4.78, 5) is 27.0. The lowest BCUT2D eigenvalue weighted by Crippen LogP contribution is -2.49. The second-order valence-corrected chi connectivity index (χ2v) is 6.48. The highest BCUT2D eigenvalue weighted by Crippen LogP contribution is 2.35. The molecular formula is C20H21NO2. The Morgan fingerprint density at radius 1 is 1.26 bits per heavy atom. The third kappa shape index (κ3) is 2.79. The van der Waals surface area contributed by atoms with Crippen molar-refractivity contribution in [2.45, 2.75) is 26.2 Å². The van der Waals surface area contributed by atoms with Crippen molar-refractivity contribution in [2.75, 3.05) is 6.54 Å². The summed E-state index contributed by atoms with van der Waals surface area (Å²) in [5, 5.41) is 2.10. The fraction of sp³-hybridized carbons (Fsp3) is 0.300. The third-order valence-corrected chi connectivity index (χ3v) is 4.71. The maximum Gasteiger partial charge on any atom is 0.260 e. The van der Waals surface area contributed by atoms with Gasteiger partial charge in [0.05, 0.1) is 5.41 Å². The Balaban J connectivity index is 1.91. The molecule has 2 aromatic carbocycles. The number of hydrogen-bond acceptors (Lipinski definition) is 2. The first-order chi connectivity index (χ1) is 11.0. The molecule has 0 N–H and O–H groups in total. The molecule has 23 heavy (non-hydrogen) atoms. The molecule has 0 radical (unpaired) electrons. The molecule has 2 aromatic rings. The number of rotatable bonds is 3. The smallest absolute Gasteiger partial charge is 0.260 e. The van der Waals surface area contributed by atoms with E-state index in [1.807, 2.05) is 43.3 Å². The number of nitrogens with zero attached hydrogens (tertiary/aromatic N) is 1. The Hall–Kier alpha value is -2.42. The normalized spacial score (nSPS) is 21.4. The van der Waals surface area contributed by atoms with Crippen molar-refractivity contribution < 1.29 is 9.59 Å². The largest absolute Gasteiger partial charge is 0.278 e. The van der Waals surface area contributed by atoms with E-state index >= 15 is 0 Å². The van der Waals surface area contributed by atoms with E-state index < -0.39 is 5.41 Å². The van der Waals surface area contributed by atoms with Crippen LogP contribution in [0.15, 0.2) is 55.1 Å². The van der Waals surface area contributed by atoms with E-state index in [2.05, 4.69) is 6.58 Å². The molecule has 118 valence electrons. The standard InChI is InChI=1S/C20H21NO2/c1-3-11-20(2)12-6-13-21(19(20)23)18(22)17-10-9-15-7-4-5-8-16(15)14-17/h3-5,7-10,14H,1,6,11-13H2,2H3/t20-/m0/s1. The fourth-order valence-corrected chi connectivity index (χ4v) is 3.34. The number of fused-ring (bicyclic) bond motifs is 1. The van der Waals surface area contributed by atoms with Crippen molar-refractivity contribution >= 4 is 22.6 Å². The number of carbonyl (C=O) groups is 2. The number of benzene rings is 2. The summed E-state index contributed by atoms with van der Waals surface area (Å²) in [6.07, 6.45) is 4.02. The van der Waals surface area contributed by atoms with Gasteiger partial charge in [-0.25, -0.2) is 0 Å². The van der Waals surface area contributed by atoms with Crippen LogP contribution in [0.2, 0.25) is 0 Å². The minimum Gasteiger partial charge on any atom is -0.278 e. The molecule has 1 aliphatic heterocycles. The molecule has 3 nitrogen and oxygen atoms in total. The Labute approximate surface area is 136 Å². The van der Waals surface area contributed by atoms with Crippen LogP contribution < -0.4 is 0 Å². The quantitative estimate of drug-likeness (QED) is 0.630. The lowest BCUT2D eigenvalue weighted by Gasteiger charge is -2.37. The Morgan fingerprint density at radius 3 is 2.74 bits per heavy atom. The van der Waals surface area contributed by atoms with Gasteiger partial charge in [0.2, 0.25) is 5.91 Å². The highest BCUT2D eigenvalue weighted by Gasteiger charge is 2.41. The third-order valence-electron chi connectivity index (χ3n) is 4.71. The molecule has 3 rings (SSSR count). The van der Waals surface area contributed by atoms with Crippen LogP contribution in [-0.2, 0) is 4.79 Å². The number of amides is 2. The molecule has 0 aromatic heterocycles. The number of carbonyl (C=O) groups excluding carboxylic acids is 2. The summed E-state index contributed by atoms with van der Waals surface area (Å²) >= 11 is 0. The minimum absolute atomic E-state index is 0.0817. The van der Waals surface area contributed by atoms with Gasteiger partial charge in [-0.1, -0.05) is 43.3 Å². The van der Waals surface area contributed by atoms with Gasteiger partial charge < -0.3 is 0 Å². The summed E-state index contributed by atoms with van der Waals surface area (Å²) in [7, 11) is 0. The van der Waals surface area contributed by atoms with Crippen molar-refractivity contribution in [2.24, 2.45) is 5.41 Å². The summed E-state index contributed by atoms with van der Waals surface area (Å²) < 4.78 is 0. The topological polar surface area (TPSA) is 37.4 Å². The van der Waals surface area contributed by atoms with Crippen LogP contribution in [0, 0.1) is 5.41 Å². The molecule has 1 saturated heterocycles. The van der Waals surface area contributed by atoms with Gasteiger partial charge in [-0.2, -0.15) is 0 Å². The van der Waals surface area contributed by atoms with Crippen molar-refractivity contribution in [3.05, 3.63) is 60.7 Å². The van der Waals surface area contributed by atoms with Gasteiger partial charge in [-0.3, -0.25) is 14.5 Å². The van der Waals surface area contributed by atoms with Gasteiger partial charge in [0.25, 0.3) is 5.91 Å². The molecule has 2 amide bonds. The molecular weight excluding hydrogens is 286 g/mol. The van der Waals surface area contributed by atoms with E-state index in [1.54, 1.807) is 12.1 Å². The van der Waals surface area contributed by atoms with Crippen molar-refractivity contribution in [1.82, 2.24) is 4.90 Å². The first-order valence-electron chi connectivity index (χ1n) is 8.01. The van der Waals surface area contributed by atoms with Crippen LogP contribution in [0.1, 0.15) is 36.5 Å². The van der Waals surface area contributed by atoms with Gasteiger partial charge in [0.1, 0.15) is 0 Å². The van der Waals surface area contributed by atoms with Crippen LogP contribution in [0.3, 0.4) is 0 Å². The number of piperidine rings is 1. The van der Waals surface area contributed by atoms with Gasteiger partial charge in [0.15, 0.2) is 0 Å².